The van der Waals surface area contributed by atoms with E-state index >= 15 is 0 Å². The molecule has 4 N–H and O–H groups in total. The minimum Gasteiger partial charge on any atom is -0.489 e. The van der Waals surface area contributed by atoms with Gasteiger partial charge in [-0.2, -0.15) is 8.42 Å². The van der Waals surface area contributed by atoms with Crippen molar-refractivity contribution in [1.29, 1.82) is 0 Å². The fourth-order valence-electron chi connectivity index (χ4n) is 2.83. The molecule has 0 fully saturated rings. The Morgan fingerprint density at radius 3 is 2.45 bits per heavy atom. The second-order valence-electron chi connectivity index (χ2n) is 6.73. The first-order chi connectivity index (χ1) is 15.7. The van der Waals surface area contributed by atoms with E-state index in [9.17, 15) is 18.5 Å². The number of nitro groups is 1. The molecule has 12 nitrogen and oxygen atoms in total. The summed E-state index contributed by atoms with van der Waals surface area (Å²) in [6, 6.07) is 12.9. The molecule has 172 valence electrons. The van der Waals surface area contributed by atoms with Crippen LogP contribution in [-0.2, 0) is 16.6 Å². The molecule has 2 aromatic carbocycles. The van der Waals surface area contributed by atoms with Gasteiger partial charge in [-0.15, -0.1) is 4.40 Å². The number of ether oxygens (including phenoxy) is 1. The van der Waals surface area contributed by atoms with Crippen LogP contribution in [0, 0.1) is 17.0 Å². The average Bonchev–Trinajstić information content (AvgIpc) is 3.13. The van der Waals surface area contributed by atoms with Gasteiger partial charge in [-0.3, -0.25) is 4.99 Å². The standard InChI is InChI=1S/C20H21N7O5S/c1-14-23-13-19(27(28)29)26(14)10-11-32-17-6-2-15(3-7-17)12-24-16-4-8-18(9-5-16)33(30,31)25-20(21)22/h2-9,12-13H,10-11H2,1H3,(H4,21,22,25). The Labute approximate surface area is 189 Å². The fraction of sp³-hybridized carbons (Fsp3) is 0.150. The van der Waals surface area contributed by atoms with Gasteiger partial charge in [-0.05, 0) is 59.0 Å². The summed E-state index contributed by atoms with van der Waals surface area (Å²) in [4.78, 5) is 18.7. The van der Waals surface area contributed by atoms with E-state index in [2.05, 4.69) is 14.4 Å². The Morgan fingerprint density at radius 2 is 1.85 bits per heavy atom. The quantitative estimate of drug-likeness (QED) is 0.205. The number of hydrogen-bond acceptors (Lipinski definition) is 7. The van der Waals surface area contributed by atoms with E-state index in [1.165, 1.54) is 35.0 Å². The van der Waals surface area contributed by atoms with Crippen LogP contribution in [0.25, 0.3) is 0 Å². The zero-order valence-corrected chi connectivity index (χ0v) is 18.3. The predicted octanol–water partition coefficient (Wildman–Crippen LogP) is 1.89. The second-order valence-corrected chi connectivity index (χ2v) is 8.34. The highest BCUT2D eigenvalue weighted by Crippen LogP contribution is 2.19. The van der Waals surface area contributed by atoms with Crippen molar-refractivity contribution in [1.82, 2.24) is 9.55 Å². The first-order valence-corrected chi connectivity index (χ1v) is 11.0. The van der Waals surface area contributed by atoms with Crippen molar-refractivity contribution in [3.63, 3.8) is 0 Å². The molecule has 0 bridgehead atoms. The molecule has 0 saturated carbocycles. The zero-order valence-electron chi connectivity index (χ0n) is 17.5. The molecule has 3 aromatic rings. The topological polar surface area (TPSA) is 181 Å². The van der Waals surface area contributed by atoms with Gasteiger partial charge in [0.1, 0.15) is 25.1 Å². The Bertz CT molecular complexity index is 1290. The maximum atomic E-state index is 11.9. The number of aryl methyl sites for hydroxylation is 1. The van der Waals surface area contributed by atoms with Crippen LogP contribution in [0.15, 0.2) is 69.0 Å². The molecule has 0 saturated heterocycles. The van der Waals surface area contributed by atoms with Crippen LogP contribution in [0.2, 0.25) is 0 Å². The van der Waals surface area contributed by atoms with Gasteiger partial charge in [-0.1, -0.05) is 0 Å². The van der Waals surface area contributed by atoms with E-state index < -0.39 is 20.9 Å². The molecule has 0 spiro atoms. The Balaban J connectivity index is 1.58. The maximum absolute atomic E-state index is 11.9. The summed E-state index contributed by atoms with van der Waals surface area (Å²) in [7, 11) is -3.95. The van der Waals surface area contributed by atoms with E-state index in [-0.39, 0.29) is 17.3 Å². The number of aromatic nitrogens is 2. The second kappa shape index (κ2) is 9.91. The summed E-state index contributed by atoms with van der Waals surface area (Å²) in [5.41, 5.74) is 11.6. The van der Waals surface area contributed by atoms with E-state index in [4.69, 9.17) is 16.2 Å². The Hall–Kier alpha value is -4.26. The average molecular weight is 471 g/mol. The molecule has 0 amide bonds. The number of benzene rings is 2. The summed E-state index contributed by atoms with van der Waals surface area (Å²) in [5.74, 6) is 0.521. The lowest BCUT2D eigenvalue weighted by Crippen LogP contribution is -2.24. The summed E-state index contributed by atoms with van der Waals surface area (Å²) in [5, 5.41) is 11.0. The first kappa shape index (κ1) is 23.4. The van der Waals surface area contributed by atoms with Crippen molar-refractivity contribution in [2.75, 3.05) is 6.61 Å². The third-order valence-electron chi connectivity index (χ3n) is 4.41. The minimum absolute atomic E-state index is 0.0485. The molecule has 1 heterocycles. The molecule has 1 aromatic heterocycles. The van der Waals surface area contributed by atoms with Crippen LogP contribution < -0.4 is 16.2 Å². The molecule has 0 radical (unpaired) electrons. The molecule has 0 aliphatic rings. The molecule has 33 heavy (non-hydrogen) atoms. The fourth-order valence-corrected chi connectivity index (χ4v) is 3.69. The van der Waals surface area contributed by atoms with Crippen molar-refractivity contribution in [3.8, 4) is 5.75 Å². The lowest BCUT2D eigenvalue weighted by molar-refractivity contribution is -0.392. The Kier molecular flexibility index (Phi) is 7.03. The maximum Gasteiger partial charge on any atom is 0.342 e. The molecular weight excluding hydrogens is 450 g/mol. The van der Waals surface area contributed by atoms with E-state index in [1.807, 2.05) is 0 Å². The van der Waals surface area contributed by atoms with Crippen LogP contribution in [0.5, 0.6) is 5.75 Å². The summed E-state index contributed by atoms with van der Waals surface area (Å²) in [6.07, 6.45) is 2.83. The highest BCUT2D eigenvalue weighted by atomic mass is 32.2. The molecule has 0 unspecified atom stereocenters. The van der Waals surface area contributed by atoms with Gasteiger partial charge < -0.3 is 26.3 Å². The third kappa shape index (κ3) is 6.13. The van der Waals surface area contributed by atoms with Gasteiger partial charge in [0.05, 0.1) is 10.6 Å². The number of nitrogens with zero attached hydrogens (tertiary/aromatic N) is 5. The highest BCUT2D eigenvalue weighted by molar-refractivity contribution is 7.90. The smallest absolute Gasteiger partial charge is 0.342 e. The summed E-state index contributed by atoms with van der Waals surface area (Å²) in [6.45, 7) is 2.22. The van der Waals surface area contributed by atoms with Gasteiger partial charge in [0.25, 0.3) is 10.0 Å². The van der Waals surface area contributed by atoms with Crippen LogP contribution in [0.3, 0.4) is 0 Å². The van der Waals surface area contributed by atoms with Crippen LogP contribution in [0.1, 0.15) is 11.4 Å². The van der Waals surface area contributed by atoms with E-state index in [1.54, 1.807) is 37.4 Å². The largest absolute Gasteiger partial charge is 0.489 e. The number of nitrogens with two attached hydrogens (primary N) is 2. The number of imidazole rings is 1. The molecule has 13 heteroatoms. The first-order valence-electron chi connectivity index (χ1n) is 9.55. The number of aliphatic imine (C=N–C) groups is 1. The summed E-state index contributed by atoms with van der Waals surface area (Å²) >= 11 is 0. The lowest BCUT2D eigenvalue weighted by atomic mass is 10.2. The van der Waals surface area contributed by atoms with Crippen molar-refractivity contribution in [2.24, 2.45) is 20.9 Å². The number of hydrogen-bond donors (Lipinski definition) is 2. The van der Waals surface area contributed by atoms with Crippen LogP contribution in [0.4, 0.5) is 11.5 Å². The van der Waals surface area contributed by atoms with Crippen molar-refractivity contribution in [3.05, 3.63) is 76.2 Å². The van der Waals surface area contributed by atoms with Crippen molar-refractivity contribution in [2.45, 2.75) is 18.4 Å². The lowest BCUT2D eigenvalue weighted by Gasteiger charge is -2.06. The van der Waals surface area contributed by atoms with E-state index in [0.29, 0.717) is 23.8 Å². The zero-order chi connectivity index (χ0) is 24.0. The SMILES string of the molecule is Cc1ncc([N+](=O)[O-])n1CCOc1ccc(C=Nc2ccc(S(=O)(=O)N=C(N)N)cc2)cc1. The van der Waals surface area contributed by atoms with Crippen molar-refractivity contribution < 1.29 is 18.1 Å². The monoisotopic (exact) mass is 471 g/mol. The van der Waals surface area contributed by atoms with Crippen molar-refractivity contribution >= 4 is 33.7 Å². The molecule has 0 aliphatic heterocycles. The highest BCUT2D eigenvalue weighted by Gasteiger charge is 2.17. The van der Waals surface area contributed by atoms with Gasteiger partial charge in [0.2, 0.25) is 5.96 Å². The third-order valence-corrected chi connectivity index (χ3v) is 5.73. The van der Waals surface area contributed by atoms with E-state index in [0.717, 1.165) is 5.56 Å². The van der Waals surface area contributed by atoms with Gasteiger partial charge in [0.15, 0.2) is 5.82 Å². The van der Waals surface area contributed by atoms with Gasteiger partial charge in [-0.25, -0.2) is 9.55 Å². The predicted molar refractivity (Wildman–Crippen MR) is 122 cm³/mol. The molecule has 3 rings (SSSR count). The number of sulfonamides is 1. The van der Waals surface area contributed by atoms with Gasteiger partial charge >= 0.3 is 5.82 Å². The number of guanidine groups is 1. The van der Waals surface area contributed by atoms with Gasteiger partial charge in [0, 0.05) is 13.1 Å². The molecular formula is C20H21N7O5S. The number of rotatable bonds is 9. The van der Waals surface area contributed by atoms with Crippen LogP contribution in [-0.4, -0.2) is 41.7 Å². The minimum atomic E-state index is -3.95. The molecule has 0 atom stereocenters. The Morgan fingerprint density at radius 1 is 1.18 bits per heavy atom. The summed E-state index contributed by atoms with van der Waals surface area (Å²) < 4.78 is 34.2. The molecule has 0 aliphatic carbocycles. The normalized spacial score (nSPS) is 11.4. The van der Waals surface area contributed by atoms with Crippen LogP contribution >= 0.6 is 0 Å².